The first-order valence-electron chi connectivity index (χ1n) is 5.99. The molecule has 0 radical (unpaired) electrons. The fraction of sp³-hybridized carbons (Fsp3) is 0.0714. The van der Waals surface area contributed by atoms with Crippen molar-refractivity contribution in [2.75, 3.05) is 11.1 Å². The Morgan fingerprint density at radius 3 is 2.62 bits per heavy atom. The molecule has 1 amide bonds. The van der Waals surface area contributed by atoms with Gasteiger partial charge in [-0.25, -0.2) is 4.39 Å². The van der Waals surface area contributed by atoms with Gasteiger partial charge < -0.3 is 11.1 Å². The highest BCUT2D eigenvalue weighted by Crippen LogP contribution is 2.21. The van der Waals surface area contributed by atoms with Gasteiger partial charge in [0.05, 0.1) is 16.7 Å². The number of aryl methyl sites for hydroxylation is 1. The number of hydrogen-bond acceptors (Lipinski definition) is 4. The van der Waals surface area contributed by atoms with Gasteiger partial charge in [0.25, 0.3) is 11.6 Å². The lowest BCUT2D eigenvalue weighted by Gasteiger charge is -2.07. The Hall–Kier alpha value is -2.96. The zero-order valence-corrected chi connectivity index (χ0v) is 11.1. The summed E-state index contributed by atoms with van der Waals surface area (Å²) in [5.41, 5.74) is 6.85. The zero-order chi connectivity index (χ0) is 15.6. The SMILES string of the molecule is Cc1cc(C(=O)Nc2cc(F)cc([N+](=O)[O-])c2)ccc1N. The van der Waals surface area contributed by atoms with Crippen molar-refractivity contribution in [1.29, 1.82) is 0 Å². The van der Waals surface area contributed by atoms with Gasteiger partial charge in [0, 0.05) is 17.3 Å². The van der Waals surface area contributed by atoms with E-state index in [4.69, 9.17) is 5.73 Å². The normalized spacial score (nSPS) is 10.2. The van der Waals surface area contributed by atoms with Gasteiger partial charge in [-0.3, -0.25) is 14.9 Å². The summed E-state index contributed by atoms with van der Waals surface area (Å²) in [5.74, 6) is -1.30. The van der Waals surface area contributed by atoms with E-state index in [0.717, 1.165) is 23.8 Å². The van der Waals surface area contributed by atoms with Crippen molar-refractivity contribution < 1.29 is 14.1 Å². The van der Waals surface area contributed by atoms with E-state index in [-0.39, 0.29) is 5.69 Å². The number of anilines is 2. The van der Waals surface area contributed by atoms with Crippen LogP contribution in [0.1, 0.15) is 15.9 Å². The van der Waals surface area contributed by atoms with Crippen LogP contribution in [0, 0.1) is 22.9 Å². The Morgan fingerprint density at radius 2 is 2.00 bits per heavy atom. The van der Waals surface area contributed by atoms with Crippen molar-refractivity contribution in [2.45, 2.75) is 6.92 Å². The number of nitrogen functional groups attached to an aromatic ring is 1. The summed E-state index contributed by atoms with van der Waals surface area (Å²) < 4.78 is 13.3. The molecule has 0 spiro atoms. The summed E-state index contributed by atoms with van der Waals surface area (Å²) in [5, 5.41) is 13.1. The zero-order valence-electron chi connectivity index (χ0n) is 11.1. The summed E-state index contributed by atoms with van der Waals surface area (Å²) in [6, 6.07) is 7.56. The number of carbonyl (C=O) groups excluding carboxylic acids is 1. The van der Waals surface area contributed by atoms with E-state index in [9.17, 15) is 19.3 Å². The van der Waals surface area contributed by atoms with Crippen LogP contribution in [0.25, 0.3) is 0 Å². The molecule has 0 saturated carbocycles. The molecule has 0 aliphatic carbocycles. The quantitative estimate of drug-likeness (QED) is 0.515. The van der Waals surface area contributed by atoms with Gasteiger partial charge in [-0.15, -0.1) is 0 Å². The highest BCUT2D eigenvalue weighted by molar-refractivity contribution is 6.04. The van der Waals surface area contributed by atoms with E-state index >= 15 is 0 Å². The maximum atomic E-state index is 13.3. The molecule has 0 aliphatic heterocycles. The van der Waals surface area contributed by atoms with Gasteiger partial charge in [-0.2, -0.15) is 0 Å². The Balaban J connectivity index is 2.27. The fourth-order valence-corrected chi connectivity index (χ4v) is 1.77. The average molecular weight is 289 g/mol. The molecule has 0 bridgehead atoms. The Morgan fingerprint density at radius 1 is 1.29 bits per heavy atom. The van der Waals surface area contributed by atoms with Crippen LogP contribution >= 0.6 is 0 Å². The molecule has 0 atom stereocenters. The third-order valence-electron chi connectivity index (χ3n) is 2.88. The highest BCUT2D eigenvalue weighted by atomic mass is 19.1. The predicted octanol–water partition coefficient (Wildman–Crippen LogP) is 2.88. The van der Waals surface area contributed by atoms with E-state index in [1.54, 1.807) is 19.1 Å². The molecule has 108 valence electrons. The number of nitro groups is 1. The van der Waals surface area contributed by atoms with Gasteiger partial charge >= 0.3 is 0 Å². The number of carbonyl (C=O) groups is 1. The number of amides is 1. The molecule has 0 aliphatic rings. The molecule has 7 heteroatoms. The van der Waals surface area contributed by atoms with E-state index in [2.05, 4.69) is 5.32 Å². The second-order valence-corrected chi connectivity index (χ2v) is 4.48. The van der Waals surface area contributed by atoms with Crippen molar-refractivity contribution in [3.63, 3.8) is 0 Å². The van der Waals surface area contributed by atoms with Gasteiger partial charge in [0.1, 0.15) is 5.82 Å². The molecule has 0 fully saturated rings. The molecule has 2 aromatic rings. The van der Waals surface area contributed by atoms with Crippen LogP contribution in [0.4, 0.5) is 21.5 Å². The second kappa shape index (κ2) is 5.58. The summed E-state index contributed by atoms with van der Waals surface area (Å²) in [4.78, 5) is 22.0. The van der Waals surface area contributed by atoms with Crippen LogP contribution in [-0.2, 0) is 0 Å². The number of rotatable bonds is 3. The fourth-order valence-electron chi connectivity index (χ4n) is 1.77. The topological polar surface area (TPSA) is 98.3 Å². The molecule has 21 heavy (non-hydrogen) atoms. The number of halogens is 1. The Bertz CT molecular complexity index is 731. The van der Waals surface area contributed by atoms with Gasteiger partial charge in [-0.1, -0.05) is 0 Å². The maximum Gasteiger partial charge on any atom is 0.274 e. The van der Waals surface area contributed by atoms with Crippen molar-refractivity contribution in [3.05, 3.63) is 63.5 Å². The largest absolute Gasteiger partial charge is 0.399 e. The minimum atomic E-state index is -0.798. The smallest absolute Gasteiger partial charge is 0.274 e. The van der Waals surface area contributed by atoms with Gasteiger partial charge in [0.2, 0.25) is 0 Å². The summed E-state index contributed by atoms with van der Waals surface area (Å²) in [6.45, 7) is 1.75. The molecule has 2 rings (SSSR count). The molecule has 0 aromatic heterocycles. The average Bonchev–Trinajstić information content (AvgIpc) is 2.41. The van der Waals surface area contributed by atoms with Crippen LogP contribution in [0.2, 0.25) is 0 Å². The van der Waals surface area contributed by atoms with Crippen LogP contribution < -0.4 is 11.1 Å². The van der Waals surface area contributed by atoms with E-state index in [1.165, 1.54) is 6.07 Å². The Labute approximate surface area is 119 Å². The van der Waals surface area contributed by atoms with Crippen molar-refractivity contribution >= 4 is 23.0 Å². The molecule has 0 saturated heterocycles. The van der Waals surface area contributed by atoms with Crippen LogP contribution in [0.15, 0.2) is 36.4 Å². The van der Waals surface area contributed by atoms with E-state index in [1.807, 2.05) is 0 Å². The molecule has 0 unspecified atom stereocenters. The maximum absolute atomic E-state index is 13.3. The lowest BCUT2D eigenvalue weighted by atomic mass is 10.1. The second-order valence-electron chi connectivity index (χ2n) is 4.48. The minimum absolute atomic E-state index is 0.0150. The Kier molecular flexibility index (Phi) is 3.84. The minimum Gasteiger partial charge on any atom is -0.399 e. The van der Waals surface area contributed by atoms with Crippen molar-refractivity contribution in [2.24, 2.45) is 0 Å². The first-order chi connectivity index (χ1) is 9.86. The summed E-state index contributed by atoms with van der Waals surface area (Å²) >= 11 is 0. The summed E-state index contributed by atoms with van der Waals surface area (Å²) in [6.07, 6.45) is 0. The molecule has 3 N–H and O–H groups in total. The molecule has 0 heterocycles. The standard InChI is InChI=1S/C14H12FN3O3/c1-8-4-9(2-3-13(8)16)14(19)17-11-5-10(15)6-12(7-11)18(20)21/h2-7H,16H2,1H3,(H,17,19). The number of nitrogens with one attached hydrogen (secondary N) is 1. The third-order valence-corrected chi connectivity index (χ3v) is 2.88. The van der Waals surface area contributed by atoms with Crippen LogP contribution in [0.3, 0.4) is 0 Å². The van der Waals surface area contributed by atoms with Crippen LogP contribution in [-0.4, -0.2) is 10.8 Å². The summed E-state index contributed by atoms with van der Waals surface area (Å²) in [7, 11) is 0. The highest BCUT2D eigenvalue weighted by Gasteiger charge is 2.13. The van der Waals surface area contributed by atoms with Gasteiger partial charge in [-0.05, 0) is 36.8 Å². The monoisotopic (exact) mass is 289 g/mol. The molecule has 6 nitrogen and oxygen atoms in total. The van der Waals surface area contributed by atoms with Crippen LogP contribution in [0.5, 0.6) is 0 Å². The van der Waals surface area contributed by atoms with Crippen molar-refractivity contribution in [3.8, 4) is 0 Å². The number of hydrogen-bond donors (Lipinski definition) is 2. The number of nitrogens with two attached hydrogens (primary N) is 1. The molecular formula is C14H12FN3O3. The predicted molar refractivity (Wildman–Crippen MR) is 76.6 cm³/mol. The lowest BCUT2D eigenvalue weighted by Crippen LogP contribution is -2.12. The van der Waals surface area contributed by atoms with Crippen molar-refractivity contribution in [1.82, 2.24) is 0 Å². The molecule has 2 aromatic carbocycles. The molecular weight excluding hydrogens is 277 g/mol. The number of benzene rings is 2. The lowest BCUT2D eigenvalue weighted by molar-refractivity contribution is -0.385. The first-order valence-corrected chi connectivity index (χ1v) is 5.99. The number of nitrogens with zero attached hydrogens (tertiary/aromatic N) is 1. The number of nitro benzene ring substituents is 1. The number of non-ortho nitro benzene ring substituents is 1. The third kappa shape index (κ3) is 3.33. The first kappa shape index (κ1) is 14.4. The van der Waals surface area contributed by atoms with E-state index < -0.39 is 22.3 Å². The van der Waals surface area contributed by atoms with Gasteiger partial charge in [0.15, 0.2) is 0 Å². The van der Waals surface area contributed by atoms with E-state index in [0.29, 0.717) is 11.3 Å².